The van der Waals surface area contributed by atoms with E-state index in [1.54, 1.807) is 6.08 Å². The number of nitrogens with zero attached hydrogens (tertiary/aromatic N) is 1. The first kappa shape index (κ1) is 11.7. The summed E-state index contributed by atoms with van der Waals surface area (Å²) in [4.78, 5) is 0. The van der Waals surface area contributed by atoms with Gasteiger partial charge in [0.25, 0.3) is 0 Å². The fourth-order valence-corrected chi connectivity index (χ4v) is 3.16. The second-order valence-corrected chi connectivity index (χ2v) is 6.49. The zero-order valence-corrected chi connectivity index (χ0v) is 10.7. The minimum atomic E-state index is -0.486. The molecule has 0 aliphatic heterocycles. The van der Waals surface area contributed by atoms with Crippen molar-refractivity contribution >= 4 is 26.5 Å². The van der Waals surface area contributed by atoms with Crippen LogP contribution in [0.1, 0.15) is 19.3 Å². The molecule has 0 N–H and O–H groups in total. The van der Waals surface area contributed by atoms with Gasteiger partial charge in [0.15, 0.2) is 0 Å². The molecule has 64 valence electrons. The quantitative estimate of drug-likeness (QED) is 0.407. The summed E-state index contributed by atoms with van der Waals surface area (Å²) in [5, 5.41) is 8.26. The summed E-state index contributed by atoms with van der Waals surface area (Å²) in [7, 11) is 0. The van der Waals surface area contributed by atoms with Crippen LogP contribution in [-0.4, -0.2) is 26.5 Å². The van der Waals surface area contributed by atoms with Crippen LogP contribution in [0.3, 0.4) is 0 Å². The van der Waals surface area contributed by atoms with Crippen LogP contribution in [0.2, 0.25) is 4.13 Å². The van der Waals surface area contributed by atoms with E-state index in [0.29, 0.717) is 0 Å². The summed E-state index contributed by atoms with van der Waals surface area (Å²) >= 11 is -0.486. The fraction of sp³-hybridized carbons (Fsp3) is 0.400. The van der Waals surface area contributed by atoms with Crippen molar-refractivity contribution in [1.82, 2.24) is 0 Å². The molecule has 2 heteroatoms. The molecule has 0 atom stereocenters. The molecule has 0 amide bonds. The molecule has 0 radical (unpaired) electrons. The van der Waals surface area contributed by atoms with Gasteiger partial charge in [0.2, 0.25) is 0 Å². The Bertz CT molecular complexity index is 198. The number of hydrogen-bond donors (Lipinski definition) is 0. The Kier molecular flexibility index (Phi) is 10.5. The van der Waals surface area contributed by atoms with E-state index in [1.165, 1.54) is 17.0 Å². The molecule has 0 aromatic heterocycles. The Morgan fingerprint density at radius 1 is 1.42 bits per heavy atom. The Morgan fingerprint density at radius 2 is 2.25 bits per heavy atom. The molecule has 1 nitrogen and oxygen atoms in total. The molecule has 0 fully saturated rings. The molecule has 0 rings (SSSR count). The number of unbranched alkanes of at least 4 members (excludes halogenated alkanes) is 2. The van der Waals surface area contributed by atoms with Gasteiger partial charge in [-0.15, -0.1) is 0 Å². The molecule has 0 aromatic rings. The molecule has 0 aliphatic carbocycles. The van der Waals surface area contributed by atoms with E-state index in [4.69, 9.17) is 5.26 Å². The van der Waals surface area contributed by atoms with Gasteiger partial charge in [0, 0.05) is 0 Å². The second-order valence-electron chi connectivity index (χ2n) is 2.32. The van der Waals surface area contributed by atoms with Gasteiger partial charge in [-0.2, -0.15) is 0 Å². The van der Waals surface area contributed by atoms with Crippen LogP contribution in [0.15, 0.2) is 24.8 Å². The maximum atomic E-state index is 8.26. The van der Waals surface area contributed by atoms with Crippen LogP contribution in [0.25, 0.3) is 0 Å². The molecule has 12 heavy (non-hydrogen) atoms. The van der Waals surface area contributed by atoms with Crippen molar-refractivity contribution in [2.24, 2.45) is 0 Å². The summed E-state index contributed by atoms with van der Waals surface area (Å²) in [5.41, 5.74) is 0. The van der Waals surface area contributed by atoms with Gasteiger partial charge in [-0.05, 0) is 0 Å². The first-order valence-electron chi connectivity index (χ1n) is 4.07. The van der Waals surface area contributed by atoms with Crippen LogP contribution < -0.4 is 0 Å². The van der Waals surface area contributed by atoms with Gasteiger partial charge >= 0.3 is 86.0 Å². The van der Waals surface area contributed by atoms with Crippen molar-refractivity contribution < 1.29 is 0 Å². The first-order valence-corrected chi connectivity index (χ1v) is 8.54. The van der Waals surface area contributed by atoms with Gasteiger partial charge < -0.3 is 0 Å². The van der Waals surface area contributed by atoms with E-state index in [-0.39, 0.29) is 0 Å². The SMILES string of the molecule is C=C/C=C/CCC[CH2][Bi]=[CH]C#N. The first-order chi connectivity index (χ1) is 5.91. The van der Waals surface area contributed by atoms with Crippen molar-refractivity contribution in [3.05, 3.63) is 24.8 Å². The van der Waals surface area contributed by atoms with Crippen LogP contribution >= 0.6 is 0 Å². The van der Waals surface area contributed by atoms with E-state index in [1.807, 2.05) is 9.78 Å². The van der Waals surface area contributed by atoms with Gasteiger partial charge in [0.05, 0.1) is 0 Å². The van der Waals surface area contributed by atoms with Gasteiger partial charge in [-0.1, -0.05) is 0 Å². The third kappa shape index (κ3) is 9.72. The van der Waals surface area contributed by atoms with Gasteiger partial charge in [0.1, 0.15) is 0 Å². The topological polar surface area (TPSA) is 23.8 Å². The molecular weight excluding hydrogens is 343 g/mol. The summed E-state index contributed by atoms with van der Waals surface area (Å²) in [6.07, 6.45) is 9.64. The fourth-order valence-electron chi connectivity index (χ4n) is 0.763. The molecule has 0 saturated heterocycles. The molecule has 0 aliphatic rings. The molecule has 0 bridgehead atoms. The summed E-state index contributed by atoms with van der Waals surface area (Å²) in [6.45, 7) is 3.60. The van der Waals surface area contributed by atoms with E-state index in [2.05, 4.69) is 18.7 Å². The number of rotatable bonds is 6. The van der Waals surface area contributed by atoms with Crippen molar-refractivity contribution in [2.75, 3.05) is 0 Å². The van der Waals surface area contributed by atoms with Crippen molar-refractivity contribution in [3.8, 4) is 6.07 Å². The second kappa shape index (κ2) is 10.7. The number of nitriles is 1. The van der Waals surface area contributed by atoms with E-state index in [0.717, 1.165) is 6.42 Å². The van der Waals surface area contributed by atoms with E-state index < -0.39 is 22.8 Å². The zero-order valence-electron chi connectivity index (χ0n) is 7.24. The third-order valence-corrected chi connectivity index (χ3v) is 4.72. The molecule has 0 saturated carbocycles. The van der Waals surface area contributed by atoms with Crippen LogP contribution in [0.4, 0.5) is 0 Å². The van der Waals surface area contributed by atoms with E-state index in [9.17, 15) is 0 Å². The van der Waals surface area contributed by atoms with Gasteiger partial charge in [-0.25, -0.2) is 0 Å². The molecule has 0 unspecified atom stereocenters. The standard InChI is InChI=1S/C8H13.C2HN.Bi/c1-3-5-7-8-6-4-2;1-2-3;/h3,5,7H,1-2,4,6,8H2;1H;/b7-5+;;. The summed E-state index contributed by atoms with van der Waals surface area (Å²) in [5.74, 6) is 0. The molecule has 0 aromatic carbocycles. The van der Waals surface area contributed by atoms with Gasteiger partial charge in [-0.3, -0.25) is 0 Å². The van der Waals surface area contributed by atoms with Crippen LogP contribution in [-0.2, 0) is 0 Å². The molecule has 0 heterocycles. The normalized spacial score (nSPS) is 10.6. The molecule has 0 spiro atoms. The minimum absolute atomic E-state index is 0.486. The van der Waals surface area contributed by atoms with Crippen molar-refractivity contribution in [3.63, 3.8) is 0 Å². The Balaban J connectivity index is 3.12. The van der Waals surface area contributed by atoms with E-state index >= 15 is 0 Å². The maximum absolute atomic E-state index is 8.26. The average molecular weight is 357 g/mol. The summed E-state index contributed by atoms with van der Waals surface area (Å²) in [6, 6.07) is 2.11. The average Bonchev–Trinajstić information content (AvgIpc) is 2.10. The van der Waals surface area contributed by atoms with Crippen molar-refractivity contribution in [1.29, 1.82) is 5.26 Å². The predicted molar refractivity (Wildman–Crippen MR) is 55.4 cm³/mol. The van der Waals surface area contributed by atoms with Crippen LogP contribution in [0, 0.1) is 11.3 Å². The Labute approximate surface area is 85.8 Å². The Morgan fingerprint density at radius 3 is 2.92 bits per heavy atom. The summed E-state index contributed by atoms with van der Waals surface area (Å²) < 4.78 is 3.16. The number of allylic oxidation sites excluding steroid dienone is 3. The van der Waals surface area contributed by atoms with Crippen molar-refractivity contribution in [2.45, 2.75) is 23.4 Å². The Hall–Kier alpha value is -0.277. The third-order valence-electron chi connectivity index (χ3n) is 1.33. The monoisotopic (exact) mass is 357 g/mol. The predicted octanol–water partition coefficient (Wildman–Crippen LogP) is 2.35. The number of hydrogen-bond acceptors (Lipinski definition) is 1. The molecular formula is C10H14BiN. The van der Waals surface area contributed by atoms with Crippen LogP contribution in [0.5, 0.6) is 0 Å². The zero-order chi connectivity index (χ0) is 9.07.